The highest BCUT2D eigenvalue weighted by molar-refractivity contribution is 6.29. The van der Waals surface area contributed by atoms with Crippen LogP contribution in [0.1, 0.15) is 10.5 Å². The molecule has 0 aliphatic heterocycles. The molecule has 84 valence electrons. The Morgan fingerprint density at radius 1 is 1.62 bits per heavy atom. The minimum Gasteiger partial charge on any atom is -0.476 e. The summed E-state index contributed by atoms with van der Waals surface area (Å²) in [4.78, 5) is 23.6. The largest absolute Gasteiger partial charge is 0.476 e. The van der Waals surface area contributed by atoms with Crippen molar-refractivity contribution in [2.24, 2.45) is 0 Å². The molecule has 0 unspecified atom stereocenters. The molecule has 1 heterocycles. The van der Waals surface area contributed by atoms with E-state index in [1.165, 1.54) is 12.1 Å². The Balaban J connectivity index is 2.95. The minimum absolute atomic E-state index is 0.0289. The maximum atomic E-state index is 10.8. The highest BCUT2D eigenvalue weighted by Gasteiger charge is 2.11. The molecule has 0 fully saturated rings. The molecule has 0 radical (unpaired) electrons. The quantitative estimate of drug-likeness (QED) is 0.473. The zero-order chi connectivity index (χ0) is 12.1. The molecule has 0 aliphatic carbocycles. The van der Waals surface area contributed by atoms with Gasteiger partial charge in [-0.1, -0.05) is 11.6 Å². The van der Waals surface area contributed by atoms with E-state index in [2.05, 4.69) is 10.3 Å². The van der Waals surface area contributed by atoms with E-state index in [0.29, 0.717) is 6.20 Å². The van der Waals surface area contributed by atoms with Crippen LogP contribution in [-0.2, 0) is 0 Å². The number of pyridine rings is 1. The number of carbonyl (C=O) groups is 1. The van der Waals surface area contributed by atoms with Gasteiger partial charge in [0.05, 0.1) is 16.8 Å². The average Bonchev–Trinajstić information content (AvgIpc) is 2.19. The number of aromatic nitrogens is 1. The van der Waals surface area contributed by atoms with E-state index in [9.17, 15) is 14.9 Å². The van der Waals surface area contributed by atoms with Gasteiger partial charge in [0.2, 0.25) is 6.20 Å². The molecule has 0 bridgehead atoms. The molecule has 0 aromatic carbocycles. The number of nitro groups is 1. The van der Waals surface area contributed by atoms with Crippen molar-refractivity contribution in [1.82, 2.24) is 4.98 Å². The van der Waals surface area contributed by atoms with Gasteiger partial charge >= 0.3 is 5.97 Å². The summed E-state index contributed by atoms with van der Waals surface area (Å²) in [6.07, 6.45) is 1.64. The van der Waals surface area contributed by atoms with Crippen molar-refractivity contribution >= 4 is 23.3 Å². The molecule has 16 heavy (non-hydrogen) atoms. The Hall–Kier alpha value is -2.15. The van der Waals surface area contributed by atoms with Gasteiger partial charge in [-0.2, -0.15) is 0 Å². The summed E-state index contributed by atoms with van der Waals surface area (Å²) in [6.45, 7) is 0. The van der Waals surface area contributed by atoms with Crippen LogP contribution in [0.4, 0.5) is 5.69 Å². The molecule has 1 rings (SSSR count). The van der Waals surface area contributed by atoms with Crippen molar-refractivity contribution in [3.8, 4) is 0 Å². The maximum Gasteiger partial charge on any atom is 0.356 e. The second-order valence-corrected chi connectivity index (χ2v) is 2.97. The summed E-state index contributed by atoms with van der Waals surface area (Å²) in [5.74, 6) is -1.28. The molecule has 7 nitrogen and oxygen atoms in total. The number of aromatic carboxylic acids is 1. The molecular weight excluding hydrogens is 238 g/mol. The van der Waals surface area contributed by atoms with Crippen LogP contribution in [0.3, 0.4) is 0 Å². The third-order valence-corrected chi connectivity index (χ3v) is 1.71. The number of carboxylic acid groups (broad SMARTS) is 1. The molecule has 0 amide bonds. The monoisotopic (exact) mass is 243 g/mol. The number of carboxylic acids is 1. The van der Waals surface area contributed by atoms with Crippen LogP contribution >= 0.6 is 11.6 Å². The average molecular weight is 244 g/mol. The fraction of sp³-hybridized carbons (Fsp3) is 0. The van der Waals surface area contributed by atoms with Gasteiger partial charge < -0.3 is 10.4 Å². The first kappa shape index (κ1) is 11.9. The van der Waals surface area contributed by atoms with Crippen LogP contribution in [0.2, 0.25) is 5.15 Å². The highest BCUT2D eigenvalue weighted by atomic mass is 35.5. The minimum atomic E-state index is -1.28. The molecular formula is C8H6ClN3O4. The Morgan fingerprint density at radius 2 is 2.31 bits per heavy atom. The lowest BCUT2D eigenvalue weighted by Crippen LogP contribution is -2.05. The van der Waals surface area contributed by atoms with Crippen LogP contribution in [-0.4, -0.2) is 21.0 Å². The van der Waals surface area contributed by atoms with Crippen LogP contribution in [0.5, 0.6) is 0 Å². The molecule has 8 heteroatoms. The molecule has 0 saturated heterocycles. The van der Waals surface area contributed by atoms with E-state index in [-0.39, 0.29) is 16.5 Å². The highest BCUT2D eigenvalue weighted by Crippen LogP contribution is 2.16. The summed E-state index contributed by atoms with van der Waals surface area (Å²) in [6, 6.07) is 2.74. The third kappa shape index (κ3) is 3.21. The van der Waals surface area contributed by atoms with Crippen molar-refractivity contribution < 1.29 is 14.8 Å². The van der Waals surface area contributed by atoms with Crippen molar-refractivity contribution in [2.75, 3.05) is 5.32 Å². The lowest BCUT2D eigenvalue weighted by molar-refractivity contribution is -0.402. The van der Waals surface area contributed by atoms with Crippen LogP contribution in [0.15, 0.2) is 24.5 Å². The van der Waals surface area contributed by atoms with Crippen molar-refractivity contribution in [3.63, 3.8) is 0 Å². The Labute approximate surface area is 94.5 Å². The number of rotatable bonds is 4. The normalized spacial score (nSPS) is 10.3. The van der Waals surface area contributed by atoms with E-state index in [0.717, 1.165) is 6.20 Å². The van der Waals surface area contributed by atoms with Gasteiger partial charge in [0.25, 0.3) is 0 Å². The Morgan fingerprint density at radius 3 is 2.88 bits per heavy atom. The zero-order valence-corrected chi connectivity index (χ0v) is 8.51. The molecule has 0 atom stereocenters. The van der Waals surface area contributed by atoms with Gasteiger partial charge in [-0.3, -0.25) is 10.1 Å². The standard InChI is InChI=1S/C8H6ClN3O4/c9-6-2-1-5(7(11-6)8(13)14)10-3-4-12(15)16/h1-4,10H,(H,13,14)/b4-3+. The number of hydrogen-bond donors (Lipinski definition) is 2. The number of anilines is 1. The first-order valence-corrected chi connectivity index (χ1v) is 4.35. The first-order chi connectivity index (χ1) is 7.50. The topological polar surface area (TPSA) is 105 Å². The predicted octanol–water partition coefficient (Wildman–Crippen LogP) is 1.59. The Kier molecular flexibility index (Phi) is 3.78. The fourth-order valence-electron chi connectivity index (χ4n) is 0.903. The van der Waals surface area contributed by atoms with Crippen molar-refractivity contribution in [3.05, 3.63) is 45.5 Å². The van der Waals surface area contributed by atoms with E-state index in [4.69, 9.17) is 16.7 Å². The Bertz CT molecular complexity index is 461. The maximum absolute atomic E-state index is 10.8. The SMILES string of the molecule is O=C(O)c1nc(Cl)ccc1N/C=C/[N+](=O)[O-]. The third-order valence-electron chi connectivity index (χ3n) is 1.50. The molecule has 0 spiro atoms. The fourth-order valence-corrected chi connectivity index (χ4v) is 1.05. The van der Waals surface area contributed by atoms with Crippen LogP contribution in [0, 0.1) is 10.1 Å². The smallest absolute Gasteiger partial charge is 0.356 e. The predicted molar refractivity (Wildman–Crippen MR) is 56.0 cm³/mol. The van der Waals surface area contributed by atoms with E-state index in [1.807, 2.05) is 0 Å². The summed E-state index contributed by atoms with van der Waals surface area (Å²) >= 11 is 5.52. The molecule has 2 N–H and O–H groups in total. The van der Waals surface area contributed by atoms with E-state index >= 15 is 0 Å². The van der Waals surface area contributed by atoms with Gasteiger partial charge in [-0.15, -0.1) is 0 Å². The van der Waals surface area contributed by atoms with Gasteiger partial charge in [-0.25, -0.2) is 9.78 Å². The summed E-state index contributed by atoms with van der Waals surface area (Å²) < 4.78 is 0. The van der Waals surface area contributed by atoms with Gasteiger partial charge in [-0.05, 0) is 12.1 Å². The van der Waals surface area contributed by atoms with Gasteiger partial charge in [0.1, 0.15) is 5.15 Å². The lowest BCUT2D eigenvalue weighted by Gasteiger charge is -2.03. The number of nitrogens with one attached hydrogen (secondary N) is 1. The number of nitrogens with zero attached hydrogens (tertiary/aromatic N) is 2. The second-order valence-electron chi connectivity index (χ2n) is 2.58. The number of halogens is 1. The van der Waals surface area contributed by atoms with Gasteiger partial charge in [0.15, 0.2) is 5.69 Å². The molecule has 1 aromatic rings. The molecule has 1 aromatic heterocycles. The summed E-state index contributed by atoms with van der Waals surface area (Å²) in [5.41, 5.74) is -0.185. The zero-order valence-electron chi connectivity index (χ0n) is 7.75. The van der Waals surface area contributed by atoms with Crippen LogP contribution < -0.4 is 5.32 Å². The first-order valence-electron chi connectivity index (χ1n) is 3.97. The van der Waals surface area contributed by atoms with Crippen LogP contribution in [0.25, 0.3) is 0 Å². The van der Waals surface area contributed by atoms with Crippen molar-refractivity contribution in [1.29, 1.82) is 0 Å². The van der Waals surface area contributed by atoms with Gasteiger partial charge in [0, 0.05) is 0 Å². The molecule has 0 aliphatic rings. The van der Waals surface area contributed by atoms with E-state index in [1.54, 1.807) is 0 Å². The summed E-state index contributed by atoms with van der Waals surface area (Å²) in [5, 5.41) is 21.2. The molecule has 0 saturated carbocycles. The van der Waals surface area contributed by atoms with Crippen molar-refractivity contribution in [2.45, 2.75) is 0 Å². The van der Waals surface area contributed by atoms with E-state index < -0.39 is 10.9 Å². The lowest BCUT2D eigenvalue weighted by atomic mass is 10.3. The second kappa shape index (κ2) is 5.08. The number of hydrogen-bond acceptors (Lipinski definition) is 5. The summed E-state index contributed by atoms with van der Waals surface area (Å²) in [7, 11) is 0.